The summed E-state index contributed by atoms with van der Waals surface area (Å²) in [6.07, 6.45) is 2.42. The molecule has 0 heterocycles. The van der Waals surface area contributed by atoms with Crippen molar-refractivity contribution in [3.8, 4) is 5.75 Å². The van der Waals surface area contributed by atoms with Gasteiger partial charge in [0.25, 0.3) is 0 Å². The lowest BCUT2D eigenvalue weighted by molar-refractivity contribution is -0.144. The SMILES string of the molecule is CCOC(=O)C(CCCCNC(=O)Oc1ccccc1)N=C=O. The minimum absolute atomic E-state index is 0.233. The number of isocyanates is 1. The number of carbonyl (C=O) groups excluding carboxylic acids is 3. The van der Waals surface area contributed by atoms with E-state index in [1.165, 1.54) is 6.08 Å². The molecule has 0 aliphatic carbocycles. The number of benzene rings is 1. The summed E-state index contributed by atoms with van der Waals surface area (Å²) < 4.78 is 9.87. The highest BCUT2D eigenvalue weighted by Gasteiger charge is 2.18. The van der Waals surface area contributed by atoms with Crippen molar-refractivity contribution in [2.75, 3.05) is 13.2 Å². The van der Waals surface area contributed by atoms with Crippen molar-refractivity contribution in [2.45, 2.75) is 32.2 Å². The van der Waals surface area contributed by atoms with E-state index in [-0.39, 0.29) is 6.61 Å². The highest BCUT2D eigenvalue weighted by atomic mass is 16.6. The van der Waals surface area contributed by atoms with Crippen molar-refractivity contribution >= 4 is 18.1 Å². The van der Waals surface area contributed by atoms with Crippen LogP contribution in [0.5, 0.6) is 5.75 Å². The molecular weight excluding hydrogens is 300 g/mol. The van der Waals surface area contributed by atoms with E-state index in [4.69, 9.17) is 9.47 Å². The van der Waals surface area contributed by atoms with E-state index in [1.54, 1.807) is 31.2 Å². The lowest BCUT2D eigenvalue weighted by Crippen LogP contribution is -2.28. The first-order valence-electron chi connectivity index (χ1n) is 7.41. The topological polar surface area (TPSA) is 94.1 Å². The predicted octanol–water partition coefficient (Wildman–Crippen LogP) is 2.21. The maximum Gasteiger partial charge on any atom is 0.412 e. The Kier molecular flexibility index (Phi) is 8.78. The molecule has 0 bridgehead atoms. The van der Waals surface area contributed by atoms with E-state index >= 15 is 0 Å². The van der Waals surface area contributed by atoms with Gasteiger partial charge in [-0.25, -0.2) is 14.4 Å². The molecule has 0 radical (unpaired) electrons. The standard InChI is InChI=1S/C16H20N2O5/c1-2-22-15(20)14(18-12-19)10-6-7-11-17-16(21)23-13-8-4-3-5-9-13/h3-5,8-9,14H,2,6-7,10-11H2,1H3,(H,17,21). The van der Waals surface area contributed by atoms with Crippen LogP contribution in [0, 0.1) is 0 Å². The van der Waals surface area contributed by atoms with Crippen molar-refractivity contribution in [1.29, 1.82) is 0 Å². The summed E-state index contributed by atoms with van der Waals surface area (Å²) in [5, 5.41) is 2.61. The average Bonchev–Trinajstić information content (AvgIpc) is 2.54. The van der Waals surface area contributed by atoms with Crippen molar-refractivity contribution in [1.82, 2.24) is 5.32 Å². The average molecular weight is 320 g/mol. The van der Waals surface area contributed by atoms with Crippen LogP contribution in [0.2, 0.25) is 0 Å². The highest BCUT2D eigenvalue weighted by Crippen LogP contribution is 2.09. The third-order valence-corrected chi connectivity index (χ3v) is 2.89. The Morgan fingerprint density at radius 3 is 2.65 bits per heavy atom. The molecule has 0 aliphatic heterocycles. The molecule has 1 amide bonds. The second-order valence-corrected chi connectivity index (χ2v) is 4.61. The molecule has 0 saturated carbocycles. The first-order valence-corrected chi connectivity index (χ1v) is 7.41. The van der Waals surface area contributed by atoms with Gasteiger partial charge in [0.1, 0.15) is 5.75 Å². The van der Waals surface area contributed by atoms with E-state index in [0.29, 0.717) is 31.6 Å². The number of hydrogen-bond acceptors (Lipinski definition) is 6. The summed E-state index contributed by atoms with van der Waals surface area (Å²) >= 11 is 0. The van der Waals surface area contributed by atoms with Gasteiger partial charge in [0.05, 0.1) is 6.61 Å². The molecule has 1 atom stereocenters. The normalized spacial score (nSPS) is 11.0. The Hall–Kier alpha value is -2.66. The van der Waals surface area contributed by atoms with Gasteiger partial charge in [0, 0.05) is 6.54 Å². The Labute approximate surface area is 134 Å². The number of carbonyl (C=O) groups is 2. The number of ether oxygens (including phenoxy) is 2. The molecule has 0 fully saturated rings. The fraction of sp³-hybridized carbons (Fsp3) is 0.438. The quantitative estimate of drug-likeness (QED) is 0.326. The van der Waals surface area contributed by atoms with Crippen LogP contribution in [-0.2, 0) is 14.3 Å². The van der Waals surface area contributed by atoms with Crippen LogP contribution in [0.25, 0.3) is 0 Å². The van der Waals surface area contributed by atoms with Crippen molar-refractivity contribution in [2.24, 2.45) is 4.99 Å². The van der Waals surface area contributed by atoms with E-state index in [2.05, 4.69) is 10.3 Å². The van der Waals surface area contributed by atoms with Gasteiger partial charge in [-0.15, -0.1) is 0 Å². The molecule has 1 N–H and O–H groups in total. The van der Waals surface area contributed by atoms with E-state index in [1.807, 2.05) is 6.07 Å². The number of nitrogens with zero attached hydrogens (tertiary/aromatic N) is 1. The lowest BCUT2D eigenvalue weighted by atomic mass is 10.1. The van der Waals surface area contributed by atoms with Crippen LogP contribution < -0.4 is 10.1 Å². The summed E-state index contributed by atoms with van der Waals surface area (Å²) in [7, 11) is 0. The first-order chi connectivity index (χ1) is 11.2. The number of hydrogen-bond donors (Lipinski definition) is 1. The summed E-state index contributed by atoms with van der Waals surface area (Å²) in [6, 6.07) is 7.90. The van der Waals surface area contributed by atoms with Crippen LogP contribution in [-0.4, -0.2) is 37.3 Å². The van der Waals surface area contributed by atoms with E-state index < -0.39 is 18.1 Å². The zero-order valence-electron chi connectivity index (χ0n) is 13.0. The number of para-hydroxylation sites is 1. The van der Waals surface area contributed by atoms with Gasteiger partial charge < -0.3 is 14.8 Å². The molecular formula is C16H20N2O5. The van der Waals surface area contributed by atoms with Crippen LogP contribution in [0.3, 0.4) is 0 Å². The molecule has 1 aromatic rings. The number of aliphatic imine (C=N–C) groups is 1. The summed E-state index contributed by atoms with van der Waals surface area (Å²) in [5.41, 5.74) is 0. The van der Waals surface area contributed by atoms with Gasteiger partial charge in [0.15, 0.2) is 6.04 Å². The third-order valence-electron chi connectivity index (χ3n) is 2.89. The summed E-state index contributed by atoms with van der Waals surface area (Å²) in [4.78, 5) is 36.8. The lowest BCUT2D eigenvalue weighted by Gasteiger charge is -2.10. The van der Waals surface area contributed by atoms with Crippen LogP contribution in [0.15, 0.2) is 35.3 Å². The minimum atomic E-state index is -0.830. The molecule has 0 aromatic heterocycles. The van der Waals surface area contributed by atoms with Gasteiger partial charge in [0.2, 0.25) is 6.08 Å². The molecule has 0 saturated heterocycles. The number of nitrogens with one attached hydrogen (secondary N) is 1. The molecule has 23 heavy (non-hydrogen) atoms. The summed E-state index contributed by atoms with van der Waals surface area (Å²) in [6.45, 7) is 2.31. The number of unbranched alkanes of at least 4 members (excludes halogenated alkanes) is 1. The van der Waals surface area contributed by atoms with Gasteiger partial charge in [-0.2, -0.15) is 4.99 Å². The molecule has 7 nitrogen and oxygen atoms in total. The molecule has 1 aromatic carbocycles. The largest absolute Gasteiger partial charge is 0.464 e. The fourth-order valence-corrected chi connectivity index (χ4v) is 1.82. The third kappa shape index (κ3) is 7.78. The monoisotopic (exact) mass is 320 g/mol. The van der Waals surface area contributed by atoms with Crippen molar-refractivity contribution in [3.63, 3.8) is 0 Å². The number of amides is 1. The maximum absolute atomic E-state index is 11.5. The molecule has 0 aliphatic rings. The Balaban J connectivity index is 2.21. The summed E-state index contributed by atoms with van der Waals surface area (Å²) in [5.74, 6) is -0.0695. The van der Waals surface area contributed by atoms with Crippen LogP contribution in [0.1, 0.15) is 26.2 Å². The van der Waals surface area contributed by atoms with Gasteiger partial charge in [-0.05, 0) is 38.3 Å². The molecule has 0 spiro atoms. The number of esters is 1. The molecule has 1 unspecified atom stereocenters. The highest BCUT2D eigenvalue weighted by molar-refractivity contribution is 5.76. The predicted molar refractivity (Wildman–Crippen MR) is 82.9 cm³/mol. The molecule has 124 valence electrons. The smallest absolute Gasteiger partial charge is 0.412 e. The van der Waals surface area contributed by atoms with Crippen LogP contribution in [0.4, 0.5) is 4.79 Å². The van der Waals surface area contributed by atoms with Gasteiger partial charge >= 0.3 is 12.1 Å². The fourth-order valence-electron chi connectivity index (χ4n) is 1.82. The minimum Gasteiger partial charge on any atom is -0.464 e. The van der Waals surface area contributed by atoms with Crippen LogP contribution >= 0.6 is 0 Å². The zero-order valence-corrected chi connectivity index (χ0v) is 13.0. The van der Waals surface area contributed by atoms with E-state index in [9.17, 15) is 14.4 Å². The van der Waals surface area contributed by atoms with Crippen molar-refractivity contribution in [3.05, 3.63) is 30.3 Å². The van der Waals surface area contributed by atoms with Gasteiger partial charge in [-0.1, -0.05) is 18.2 Å². The second kappa shape index (κ2) is 11.0. The molecule has 1 rings (SSSR count). The Morgan fingerprint density at radius 1 is 1.26 bits per heavy atom. The maximum atomic E-state index is 11.5. The Bertz CT molecular complexity index is 541. The molecule has 7 heteroatoms. The van der Waals surface area contributed by atoms with Crippen molar-refractivity contribution < 1.29 is 23.9 Å². The number of rotatable bonds is 9. The van der Waals surface area contributed by atoms with E-state index in [0.717, 1.165) is 0 Å². The second-order valence-electron chi connectivity index (χ2n) is 4.61. The zero-order chi connectivity index (χ0) is 16.9. The Morgan fingerprint density at radius 2 is 2.00 bits per heavy atom. The first kappa shape index (κ1) is 18.4. The van der Waals surface area contributed by atoms with Gasteiger partial charge in [-0.3, -0.25) is 0 Å².